The molecular formula is C49H40N2O. The second-order valence-electron chi connectivity index (χ2n) is 14.4. The summed E-state index contributed by atoms with van der Waals surface area (Å²) in [6.07, 6.45) is 0. The van der Waals surface area contributed by atoms with Crippen LogP contribution >= 0.6 is 0 Å². The molecule has 0 fully saturated rings. The van der Waals surface area contributed by atoms with Crippen LogP contribution in [0.5, 0.6) is 0 Å². The fourth-order valence-electron chi connectivity index (χ4n) is 7.68. The van der Waals surface area contributed by atoms with Crippen molar-refractivity contribution >= 4 is 33.0 Å². The molecule has 0 saturated carbocycles. The first-order valence-corrected chi connectivity index (χ1v) is 18.3. The summed E-state index contributed by atoms with van der Waals surface area (Å²) in [7, 11) is 0. The van der Waals surface area contributed by atoms with E-state index in [-0.39, 0.29) is 11.8 Å². The zero-order chi connectivity index (χ0) is 35.3. The molecule has 2 aromatic heterocycles. The Morgan fingerprint density at radius 3 is 1.63 bits per heavy atom. The lowest BCUT2D eigenvalue weighted by atomic mass is 9.87. The molecule has 252 valence electrons. The smallest absolute Gasteiger partial charge is 0.149 e. The summed E-state index contributed by atoms with van der Waals surface area (Å²) >= 11 is 0. The van der Waals surface area contributed by atoms with Crippen molar-refractivity contribution in [3.8, 4) is 50.5 Å². The van der Waals surface area contributed by atoms with E-state index in [4.69, 9.17) is 9.40 Å². The molecule has 0 spiro atoms. The molecule has 7 aromatic carbocycles. The molecule has 0 bridgehead atoms. The minimum absolute atomic E-state index is 0.269. The van der Waals surface area contributed by atoms with Gasteiger partial charge in [-0.3, -0.25) is 4.57 Å². The van der Waals surface area contributed by atoms with Gasteiger partial charge in [0.05, 0.1) is 22.3 Å². The van der Waals surface area contributed by atoms with Crippen LogP contribution in [0.25, 0.3) is 83.4 Å². The number of imidazole rings is 1. The number of hydrogen-bond donors (Lipinski definition) is 0. The molecule has 3 nitrogen and oxygen atoms in total. The standard InChI is InChI=1S/C49H40N2O/c1-31(2)42-29-38(37-27-25-36(26-28-37)35-23-21-34(22-24-35)33-13-6-5-7-14-33)30-43(32(3)4)47(42)51-45-19-10-9-18-44(45)50-49(51)41-17-12-16-40-39-15-8-11-20-46(39)52-48(40)41/h5-32H,1-4H3. The molecule has 0 saturated heterocycles. The topological polar surface area (TPSA) is 31.0 Å². The van der Waals surface area contributed by atoms with Crippen LogP contribution in [0.4, 0.5) is 0 Å². The molecule has 0 unspecified atom stereocenters. The highest BCUT2D eigenvalue weighted by molar-refractivity contribution is 6.09. The van der Waals surface area contributed by atoms with Gasteiger partial charge in [0, 0.05) is 10.8 Å². The lowest BCUT2D eigenvalue weighted by Gasteiger charge is -2.24. The number of fused-ring (bicyclic) bond motifs is 4. The SMILES string of the molecule is CC(C)c1cc(-c2ccc(-c3ccc(-c4ccccc4)cc3)cc2)cc(C(C)C)c1-n1c(-c2cccc3c2oc2ccccc23)nc2ccccc21. The van der Waals surface area contributed by atoms with Crippen LogP contribution in [0.15, 0.2) is 162 Å². The predicted molar refractivity (Wildman–Crippen MR) is 218 cm³/mol. The molecule has 52 heavy (non-hydrogen) atoms. The number of furan rings is 1. The summed E-state index contributed by atoms with van der Waals surface area (Å²) in [6.45, 7) is 9.20. The Balaban J connectivity index is 1.18. The fourth-order valence-corrected chi connectivity index (χ4v) is 7.68. The van der Waals surface area contributed by atoms with Gasteiger partial charge in [-0.05, 0) is 92.7 Å². The number of hydrogen-bond acceptors (Lipinski definition) is 2. The molecule has 9 rings (SSSR count). The minimum atomic E-state index is 0.269. The van der Waals surface area contributed by atoms with Gasteiger partial charge in [0.15, 0.2) is 0 Å². The molecule has 9 aromatic rings. The molecule has 0 aliphatic carbocycles. The summed E-state index contributed by atoms with van der Waals surface area (Å²) in [5.41, 5.74) is 15.9. The molecule has 0 atom stereocenters. The Labute approximate surface area is 304 Å². The van der Waals surface area contributed by atoms with E-state index in [2.05, 4.69) is 178 Å². The molecule has 0 aliphatic heterocycles. The van der Waals surface area contributed by atoms with Gasteiger partial charge in [0.1, 0.15) is 17.0 Å². The van der Waals surface area contributed by atoms with Crippen LogP contribution in [0.3, 0.4) is 0 Å². The third-order valence-corrected chi connectivity index (χ3v) is 10.4. The van der Waals surface area contributed by atoms with Crippen molar-refractivity contribution in [2.75, 3.05) is 0 Å². The summed E-state index contributed by atoms with van der Waals surface area (Å²) in [6, 6.07) is 56.4. The van der Waals surface area contributed by atoms with Crippen LogP contribution in [0, 0.1) is 0 Å². The average molecular weight is 673 g/mol. The highest BCUT2D eigenvalue weighted by Crippen LogP contribution is 2.42. The maximum absolute atomic E-state index is 6.57. The number of rotatable bonds is 7. The molecule has 0 aliphatic rings. The second-order valence-corrected chi connectivity index (χ2v) is 14.4. The first kappa shape index (κ1) is 31.8. The van der Waals surface area contributed by atoms with Crippen molar-refractivity contribution in [3.05, 3.63) is 169 Å². The van der Waals surface area contributed by atoms with E-state index < -0.39 is 0 Å². The van der Waals surface area contributed by atoms with Gasteiger partial charge in [-0.15, -0.1) is 0 Å². The Hall–Kier alpha value is -6.19. The number of aromatic nitrogens is 2. The van der Waals surface area contributed by atoms with Crippen molar-refractivity contribution < 1.29 is 4.42 Å². The first-order chi connectivity index (χ1) is 25.4. The van der Waals surface area contributed by atoms with E-state index in [0.717, 1.165) is 44.4 Å². The lowest BCUT2D eigenvalue weighted by molar-refractivity contribution is 0.669. The van der Waals surface area contributed by atoms with Crippen LogP contribution in [-0.2, 0) is 0 Å². The molecule has 3 heteroatoms. The summed E-state index contributed by atoms with van der Waals surface area (Å²) in [5, 5.41) is 2.22. The largest absolute Gasteiger partial charge is 0.455 e. The molecule has 0 N–H and O–H groups in total. The van der Waals surface area contributed by atoms with Crippen LogP contribution < -0.4 is 0 Å². The molecule has 0 radical (unpaired) electrons. The van der Waals surface area contributed by atoms with E-state index in [9.17, 15) is 0 Å². The summed E-state index contributed by atoms with van der Waals surface area (Å²) in [4.78, 5) is 5.33. The van der Waals surface area contributed by atoms with Crippen LogP contribution in [-0.4, -0.2) is 9.55 Å². The van der Waals surface area contributed by atoms with Gasteiger partial charge in [0.25, 0.3) is 0 Å². The summed E-state index contributed by atoms with van der Waals surface area (Å²) < 4.78 is 8.97. The van der Waals surface area contributed by atoms with E-state index in [1.54, 1.807) is 0 Å². The van der Waals surface area contributed by atoms with E-state index in [1.165, 1.54) is 50.2 Å². The molecule has 0 amide bonds. The van der Waals surface area contributed by atoms with E-state index >= 15 is 0 Å². The Morgan fingerprint density at radius 1 is 0.481 bits per heavy atom. The van der Waals surface area contributed by atoms with Gasteiger partial charge >= 0.3 is 0 Å². The Morgan fingerprint density at radius 2 is 1.00 bits per heavy atom. The third-order valence-electron chi connectivity index (χ3n) is 10.4. The first-order valence-electron chi connectivity index (χ1n) is 18.3. The van der Waals surface area contributed by atoms with Crippen molar-refractivity contribution in [3.63, 3.8) is 0 Å². The Bertz CT molecular complexity index is 2680. The zero-order valence-corrected chi connectivity index (χ0v) is 30.0. The van der Waals surface area contributed by atoms with Gasteiger partial charge in [0.2, 0.25) is 0 Å². The zero-order valence-electron chi connectivity index (χ0n) is 30.0. The van der Waals surface area contributed by atoms with Crippen molar-refractivity contribution in [2.24, 2.45) is 0 Å². The average Bonchev–Trinajstić information content (AvgIpc) is 3.77. The highest BCUT2D eigenvalue weighted by Gasteiger charge is 2.25. The predicted octanol–water partition coefficient (Wildman–Crippen LogP) is 13.8. The fraction of sp³-hybridized carbons (Fsp3) is 0.122. The van der Waals surface area contributed by atoms with Gasteiger partial charge in [-0.1, -0.05) is 149 Å². The minimum Gasteiger partial charge on any atom is -0.455 e. The van der Waals surface area contributed by atoms with Crippen molar-refractivity contribution in [1.82, 2.24) is 9.55 Å². The number of para-hydroxylation sites is 4. The van der Waals surface area contributed by atoms with E-state index in [1.807, 2.05) is 12.1 Å². The molecular weight excluding hydrogens is 633 g/mol. The second kappa shape index (κ2) is 12.9. The van der Waals surface area contributed by atoms with Gasteiger partial charge in [-0.25, -0.2) is 4.98 Å². The highest BCUT2D eigenvalue weighted by atomic mass is 16.3. The van der Waals surface area contributed by atoms with Crippen molar-refractivity contribution in [1.29, 1.82) is 0 Å². The van der Waals surface area contributed by atoms with Crippen molar-refractivity contribution in [2.45, 2.75) is 39.5 Å². The maximum atomic E-state index is 6.57. The third kappa shape index (κ3) is 5.41. The van der Waals surface area contributed by atoms with Gasteiger partial charge in [-0.2, -0.15) is 0 Å². The quantitative estimate of drug-likeness (QED) is 0.169. The lowest BCUT2D eigenvalue weighted by Crippen LogP contribution is -2.09. The Kier molecular flexibility index (Phi) is 7.85. The summed E-state index contributed by atoms with van der Waals surface area (Å²) in [5.74, 6) is 1.43. The van der Waals surface area contributed by atoms with Crippen LogP contribution in [0.1, 0.15) is 50.7 Å². The monoisotopic (exact) mass is 672 g/mol. The number of benzene rings is 7. The van der Waals surface area contributed by atoms with Gasteiger partial charge < -0.3 is 4.42 Å². The van der Waals surface area contributed by atoms with Crippen LogP contribution in [0.2, 0.25) is 0 Å². The van der Waals surface area contributed by atoms with E-state index in [0.29, 0.717) is 0 Å². The normalized spacial score (nSPS) is 11.8. The molecule has 2 heterocycles. The maximum Gasteiger partial charge on any atom is 0.149 e. The number of nitrogens with zero attached hydrogens (tertiary/aromatic N) is 2.